The number of halogens is 2. The van der Waals surface area contributed by atoms with Gasteiger partial charge in [-0.15, -0.1) is 0 Å². The molecule has 4 nitrogen and oxygen atoms in total. The molecule has 0 amide bonds. The largest absolute Gasteiger partial charge is 0.372 e. The van der Waals surface area contributed by atoms with E-state index in [0.717, 1.165) is 0 Å². The molecule has 1 atom stereocenters. The maximum absolute atomic E-state index is 14.0. The van der Waals surface area contributed by atoms with Crippen molar-refractivity contribution >= 4 is 26.0 Å². The van der Waals surface area contributed by atoms with Gasteiger partial charge in [0.05, 0.1) is 4.90 Å². The van der Waals surface area contributed by atoms with Gasteiger partial charge in [0.25, 0.3) is 0 Å². The number of methoxy groups -OCH3 is 1. The molecule has 0 spiro atoms. The molecule has 0 unspecified atom stereocenters. The molecule has 1 N–H and O–H groups in total. The van der Waals surface area contributed by atoms with Crippen molar-refractivity contribution in [2.24, 2.45) is 0 Å². The van der Waals surface area contributed by atoms with Gasteiger partial charge in [-0.1, -0.05) is 30.3 Å². The third-order valence-electron chi connectivity index (χ3n) is 3.62. The molecule has 0 fully saturated rings. The number of nitrogens with one attached hydrogen (secondary N) is 1. The first-order valence-corrected chi connectivity index (χ1v) is 9.12. The molecule has 23 heavy (non-hydrogen) atoms. The summed E-state index contributed by atoms with van der Waals surface area (Å²) in [6.07, 6.45) is 0. The van der Waals surface area contributed by atoms with E-state index in [4.69, 9.17) is 4.74 Å². The van der Waals surface area contributed by atoms with Crippen molar-refractivity contribution in [2.45, 2.75) is 17.4 Å². The Morgan fingerprint density at radius 1 is 1.17 bits per heavy atom. The molecule has 0 aromatic heterocycles. The van der Waals surface area contributed by atoms with Gasteiger partial charge in [0.15, 0.2) is 0 Å². The van der Waals surface area contributed by atoms with Crippen LogP contribution in [0.1, 0.15) is 12.5 Å². The first-order valence-electron chi connectivity index (χ1n) is 6.84. The van der Waals surface area contributed by atoms with Crippen molar-refractivity contribution in [3.05, 3.63) is 64.4 Å². The zero-order valence-corrected chi connectivity index (χ0v) is 15.1. The second-order valence-electron chi connectivity index (χ2n) is 5.17. The lowest BCUT2D eigenvalue weighted by Crippen LogP contribution is -2.40. The number of sulfonamides is 1. The fourth-order valence-corrected chi connectivity index (χ4v) is 4.27. The minimum atomic E-state index is -3.75. The summed E-state index contributed by atoms with van der Waals surface area (Å²) in [6.45, 7) is 1.53. The summed E-state index contributed by atoms with van der Waals surface area (Å²) in [6, 6.07) is 12.6. The topological polar surface area (TPSA) is 55.4 Å². The summed E-state index contributed by atoms with van der Waals surface area (Å²) in [5.74, 6) is -0.447. The normalized spacial score (nSPS) is 14.4. The lowest BCUT2D eigenvalue weighted by molar-refractivity contribution is 0.00410. The van der Waals surface area contributed by atoms with E-state index in [-0.39, 0.29) is 17.0 Å². The Hall–Kier alpha value is -1.28. The Morgan fingerprint density at radius 2 is 1.78 bits per heavy atom. The fourth-order valence-electron chi connectivity index (χ4n) is 2.14. The van der Waals surface area contributed by atoms with Crippen LogP contribution in [-0.2, 0) is 20.4 Å². The standard InChI is InChI=1S/C16H17BrFNO3S/c1-16(22-2,12-7-3-5-9-14(12)18)11-19-23(20,21)15-10-6-4-8-13(15)17/h3-10,19H,11H2,1-2H3/t16-/m0/s1. The van der Waals surface area contributed by atoms with Gasteiger partial charge in [-0.2, -0.15) is 0 Å². The first kappa shape index (κ1) is 18.1. The van der Waals surface area contributed by atoms with E-state index in [1.165, 1.54) is 19.2 Å². The first-order chi connectivity index (χ1) is 10.8. The van der Waals surface area contributed by atoms with Gasteiger partial charge in [0, 0.05) is 23.7 Å². The highest BCUT2D eigenvalue weighted by atomic mass is 79.9. The van der Waals surface area contributed by atoms with Crippen molar-refractivity contribution in [3.63, 3.8) is 0 Å². The third-order valence-corrected chi connectivity index (χ3v) is 6.03. The summed E-state index contributed by atoms with van der Waals surface area (Å²) < 4.78 is 47.2. The Bertz CT molecular complexity index is 797. The van der Waals surface area contributed by atoms with E-state index in [2.05, 4.69) is 20.7 Å². The average molecular weight is 402 g/mol. The Morgan fingerprint density at radius 3 is 2.39 bits per heavy atom. The molecule has 0 aliphatic heterocycles. The highest BCUT2D eigenvalue weighted by Crippen LogP contribution is 2.27. The van der Waals surface area contributed by atoms with Gasteiger partial charge in [-0.3, -0.25) is 0 Å². The van der Waals surface area contributed by atoms with Gasteiger partial charge in [-0.05, 0) is 41.1 Å². The van der Waals surface area contributed by atoms with Gasteiger partial charge in [0.1, 0.15) is 11.4 Å². The van der Waals surface area contributed by atoms with Gasteiger partial charge in [0.2, 0.25) is 10.0 Å². The van der Waals surface area contributed by atoms with E-state index in [9.17, 15) is 12.8 Å². The van der Waals surface area contributed by atoms with Crippen molar-refractivity contribution in [3.8, 4) is 0 Å². The molecule has 2 aromatic carbocycles. The lowest BCUT2D eigenvalue weighted by Gasteiger charge is -2.29. The second kappa shape index (κ2) is 7.09. The zero-order chi connectivity index (χ0) is 17.1. The number of ether oxygens (including phenoxy) is 1. The molecule has 0 saturated heterocycles. The molecule has 0 bridgehead atoms. The smallest absolute Gasteiger partial charge is 0.241 e. The highest BCUT2D eigenvalue weighted by molar-refractivity contribution is 9.10. The Kier molecular flexibility index (Phi) is 5.57. The molecular formula is C16H17BrFNO3S. The summed E-state index contributed by atoms with van der Waals surface area (Å²) in [4.78, 5) is 0.118. The second-order valence-corrected chi connectivity index (χ2v) is 7.76. The van der Waals surface area contributed by atoms with E-state index in [1.807, 2.05) is 0 Å². The number of rotatable bonds is 6. The summed E-state index contributed by atoms with van der Waals surface area (Å²) in [7, 11) is -2.34. The molecule has 0 aliphatic rings. The van der Waals surface area contributed by atoms with Crippen molar-refractivity contribution in [1.29, 1.82) is 0 Å². The predicted octanol–water partition coefficient (Wildman–Crippen LogP) is 3.43. The van der Waals surface area contributed by atoms with Crippen LogP contribution in [0.15, 0.2) is 57.9 Å². The van der Waals surface area contributed by atoms with E-state index >= 15 is 0 Å². The van der Waals surface area contributed by atoms with Gasteiger partial charge in [-0.25, -0.2) is 17.5 Å². The Labute approximate surface area is 143 Å². The quantitative estimate of drug-likeness (QED) is 0.806. The number of hydrogen-bond acceptors (Lipinski definition) is 3. The predicted molar refractivity (Wildman–Crippen MR) is 90.1 cm³/mol. The molecule has 0 aliphatic carbocycles. The van der Waals surface area contributed by atoms with Crippen LogP contribution in [0.25, 0.3) is 0 Å². The lowest BCUT2D eigenvalue weighted by atomic mass is 9.95. The third kappa shape index (κ3) is 3.98. The number of hydrogen-bond donors (Lipinski definition) is 1. The molecule has 0 saturated carbocycles. The monoisotopic (exact) mass is 401 g/mol. The number of benzene rings is 2. The van der Waals surface area contributed by atoms with Crippen LogP contribution in [-0.4, -0.2) is 22.1 Å². The molecular weight excluding hydrogens is 385 g/mol. The van der Waals surface area contributed by atoms with Crippen molar-refractivity contribution < 1.29 is 17.5 Å². The van der Waals surface area contributed by atoms with Crippen LogP contribution >= 0.6 is 15.9 Å². The summed E-state index contributed by atoms with van der Waals surface area (Å²) >= 11 is 3.22. The minimum Gasteiger partial charge on any atom is -0.372 e. The van der Waals surface area contributed by atoms with Crippen molar-refractivity contribution in [1.82, 2.24) is 4.72 Å². The minimum absolute atomic E-state index is 0.103. The van der Waals surface area contributed by atoms with Crippen LogP contribution in [0.3, 0.4) is 0 Å². The Balaban J connectivity index is 2.27. The highest BCUT2D eigenvalue weighted by Gasteiger charge is 2.31. The molecule has 7 heteroatoms. The van der Waals surface area contributed by atoms with Crippen LogP contribution in [0.4, 0.5) is 4.39 Å². The molecule has 2 rings (SSSR count). The SMILES string of the molecule is CO[C@@](C)(CNS(=O)(=O)c1ccccc1Br)c1ccccc1F. The van der Waals surface area contributed by atoms with E-state index in [1.54, 1.807) is 43.3 Å². The molecule has 0 radical (unpaired) electrons. The maximum Gasteiger partial charge on any atom is 0.241 e. The maximum atomic E-state index is 14.0. The van der Waals surface area contributed by atoms with Crippen LogP contribution in [0.2, 0.25) is 0 Å². The summed E-state index contributed by atoms with van der Waals surface area (Å²) in [5, 5.41) is 0. The fraction of sp³-hybridized carbons (Fsp3) is 0.250. The van der Waals surface area contributed by atoms with Gasteiger partial charge >= 0.3 is 0 Å². The van der Waals surface area contributed by atoms with Crippen LogP contribution < -0.4 is 4.72 Å². The van der Waals surface area contributed by atoms with E-state index in [0.29, 0.717) is 4.47 Å². The molecule has 2 aromatic rings. The van der Waals surface area contributed by atoms with E-state index < -0.39 is 21.4 Å². The molecule has 0 heterocycles. The van der Waals surface area contributed by atoms with Crippen LogP contribution in [0.5, 0.6) is 0 Å². The molecule has 124 valence electrons. The van der Waals surface area contributed by atoms with Crippen molar-refractivity contribution in [2.75, 3.05) is 13.7 Å². The van der Waals surface area contributed by atoms with Crippen LogP contribution in [0, 0.1) is 5.82 Å². The van der Waals surface area contributed by atoms with Gasteiger partial charge < -0.3 is 4.74 Å². The zero-order valence-electron chi connectivity index (χ0n) is 12.7. The average Bonchev–Trinajstić information content (AvgIpc) is 2.53. The summed E-state index contributed by atoms with van der Waals surface area (Å²) in [5.41, 5.74) is -0.836.